The van der Waals surface area contributed by atoms with Gasteiger partial charge in [-0.25, -0.2) is 0 Å². The van der Waals surface area contributed by atoms with E-state index in [1.165, 1.54) is 6.07 Å². The van der Waals surface area contributed by atoms with Gasteiger partial charge in [0.05, 0.1) is 4.92 Å². The van der Waals surface area contributed by atoms with Crippen LogP contribution in [0.1, 0.15) is 29.6 Å². The van der Waals surface area contributed by atoms with Crippen LogP contribution in [0.4, 0.5) is 17.1 Å². The Morgan fingerprint density at radius 1 is 1.03 bits per heavy atom. The lowest BCUT2D eigenvalue weighted by molar-refractivity contribution is -0.384. The maximum atomic E-state index is 12.7. The highest BCUT2D eigenvalue weighted by molar-refractivity contribution is 7.80. The van der Waals surface area contributed by atoms with Crippen LogP contribution in [0.5, 0.6) is 5.75 Å². The summed E-state index contributed by atoms with van der Waals surface area (Å²) < 4.78 is 0. The minimum atomic E-state index is -0.543. The molecule has 3 aromatic carbocycles. The highest BCUT2D eigenvalue weighted by atomic mass is 32.1. The molecule has 3 N–H and O–H groups in total. The number of rotatable bonds is 4. The van der Waals surface area contributed by atoms with E-state index in [4.69, 9.17) is 12.2 Å². The molecule has 1 heterocycles. The number of hydrogen-bond acceptors (Lipinski definition) is 6. The van der Waals surface area contributed by atoms with Gasteiger partial charge < -0.3 is 15.3 Å². The standard InChI is InChI=1S/C23H22N4O4S/c28-21-9-5-6-16-17(21)7-4-8-18(16)24-23(32)25-22(29)15-10-11-19(20(14-15)27(30)31)26-12-2-1-3-13-26/h4-11,14,28H,1-3,12-13H2,(H2,24,25,29,32). The van der Waals surface area contributed by atoms with Crippen LogP contribution in [0.2, 0.25) is 0 Å². The molecular formula is C23H22N4O4S. The number of nitrogens with zero attached hydrogens (tertiary/aromatic N) is 2. The average molecular weight is 451 g/mol. The third kappa shape index (κ3) is 4.47. The second-order valence-electron chi connectivity index (χ2n) is 7.59. The molecule has 3 aromatic rings. The number of thiocarbonyl (C=S) groups is 1. The Hall–Kier alpha value is -3.72. The van der Waals surface area contributed by atoms with E-state index in [1.54, 1.807) is 42.5 Å². The van der Waals surface area contributed by atoms with Crippen molar-refractivity contribution in [2.24, 2.45) is 0 Å². The normalized spacial score (nSPS) is 13.6. The topological polar surface area (TPSA) is 108 Å². The Balaban J connectivity index is 1.51. The number of anilines is 2. The Kier molecular flexibility index (Phi) is 6.18. The molecule has 164 valence electrons. The molecule has 9 heteroatoms. The highest BCUT2D eigenvalue weighted by Crippen LogP contribution is 2.32. The highest BCUT2D eigenvalue weighted by Gasteiger charge is 2.23. The molecule has 1 amide bonds. The molecular weight excluding hydrogens is 428 g/mol. The number of fused-ring (bicyclic) bond motifs is 1. The van der Waals surface area contributed by atoms with Crippen LogP contribution in [0.15, 0.2) is 54.6 Å². The van der Waals surface area contributed by atoms with Crippen LogP contribution in [-0.4, -0.2) is 34.1 Å². The summed E-state index contributed by atoms with van der Waals surface area (Å²) in [5, 5.41) is 28.6. The molecule has 0 atom stereocenters. The van der Waals surface area contributed by atoms with Gasteiger partial charge in [0.1, 0.15) is 11.4 Å². The molecule has 32 heavy (non-hydrogen) atoms. The number of nitrogens with one attached hydrogen (secondary N) is 2. The summed E-state index contributed by atoms with van der Waals surface area (Å²) in [5.41, 5.74) is 1.21. The number of carbonyl (C=O) groups excluding carboxylic acids is 1. The zero-order valence-corrected chi connectivity index (χ0v) is 18.0. The van der Waals surface area contributed by atoms with E-state index in [9.17, 15) is 20.0 Å². The maximum Gasteiger partial charge on any atom is 0.293 e. The fourth-order valence-electron chi connectivity index (χ4n) is 3.94. The molecule has 8 nitrogen and oxygen atoms in total. The van der Waals surface area contributed by atoms with E-state index < -0.39 is 10.8 Å². The number of hydrogen-bond donors (Lipinski definition) is 3. The average Bonchev–Trinajstić information content (AvgIpc) is 2.80. The van der Waals surface area contributed by atoms with E-state index in [-0.39, 0.29) is 22.1 Å². The first-order valence-electron chi connectivity index (χ1n) is 10.3. The van der Waals surface area contributed by atoms with Crippen LogP contribution < -0.4 is 15.5 Å². The van der Waals surface area contributed by atoms with Crippen molar-refractivity contribution in [1.82, 2.24) is 5.32 Å². The van der Waals surface area contributed by atoms with Crippen molar-refractivity contribution in [2.75, 3.05) is 23.3 Å². The molecule has 4 rings (SSSR count). The van der Waals surface area contributed by atoms with Crippen molar-refractivity contribution in [3.8, 4) is 5.75 Å². The van der Waals surface area contributed by atoms with Gasteiger partial charge in [-0.05, 0) is 55.7 Å². The van der Waals surface area contributed by atoms with Gasteiger partial charge >= 0.3 is 0 Å². The Morgan fingerprint density at radius 2 is 1.75 bits per heavy atom. The second kappa shape index (κ2) is 9.19. The molecule has 0 saturated carbocycles. The maximum absolute atomic E-state index is 12.7. The molecule has 1 fully saturated rings. The predicted octanol–water partition coefficient (Wildman–Crippen LogP) is 4.57. The molecule has 0 radical (unpaired) electrons. The summed E-state index contributed by atoms with van der Waals surface area (Å²) >= 11 is 5.27. The number of phenolic OH excluding ortho intramolecular Hbond substituents is 1. The van der Waals surface area contributed by atoms with Gasteiger partial charge in [0.15, 0.2) is 5.11 Å². The zero-order chi connectivity index (χ0) is 22.7. The van der Waals surface area contributed by atoms with E-state index in [1.807, 2.05) is 11.0 Å². The van der Waals surface area contributed by atoms with Gasteiger partial charge in [-0.1, -0.05) is 24.3 Å². The van der Waals surface area contributed by atoms with E-state index >= 15 is 0 Å². The second-order valence-corrected chi connectivity index (χ2v) is 8.00. The van der Waals surface area contributed by atoms with Crippen LogP contribution in [0.25, 0.3) is 10.8 Å². The number of amides is 1. The monoisotopic (exact) mass is 450 g/mol. The zero-order valence-electron chi connectivity index (χ0n) is 17.2. The van der Waals surface area contributed by atoms with Gasteiger partial charge in [0, 0.05) is 41.2 Å². The number of nitro benzene ring substituents is 1. The SMILES string of the molecule is O=C(NC(=S)Nc1cccc2c(O)cccc12)c1ccc(N2CCCCC2)c([N+](=O)[O-])c1. The molecule has 0 aliphatic carbocycles. The first kappa shape index (κ1) is 21.5. The van der Waals surface area contributed by atoms with Crippen molar-refractivity contribution in [1.29, 1.82) is 0 Å². The summed E-state index contributed by atoms with van der Waals surface area (Å²) in [6.07, 6.45) is 3.10. The quantitative estimate of drug-likeness (QED) is 0.304. The smallest absolute Gasteiger partial charge is 0.293 e. The molecule has 1 aliphatic heterocycles. The lowest BCUT2D eigenvalue weighted by Gasteiger charge is -2.28. The van der Waals surface area contributed by atoms with Gasteiger partial charge in [0.25, 0.3) is 11.6 Å². The van der Waals surface area contributed by atoms with Crippen molar-refractivity contribution >= 4 is 51.1 Å². The third-order valence-corrected chi connectivity index (χ3v) is 5.71. The lowest BCUT2D eigenvalue weighted by atomic mass is 10.1. The minimum Gasteiger partial charge on any atom is -0.507 e. The summed E-state index contributed by atoms with van der Waals surface area (Å²) in [6.45, 7) is 1.53. The number of nitro groups is 1. The van der Waals surface area contributed by atoms with E-state index in [2.05, 4.69) is 10.6 Å². The Labute approximate surface area is 190 Å². The Morgan fingerprint density at radius 3 is 2.50 bits per heavy atom. The van der Waals surface area contributed by atoms with Crippen molar-refractivity contribution in [2.45, 2.75) is 19.3 Å². The van der Waals surface area contributed by atoms with Gasteiger partial charge in [0.2, 0.25) is 0 Å². The minimum absolute atomic E-state index is 0.0496. The Bertz CT molecular complexity index is 1210. The molecule has 0 aromatic heterocycles. The van der Waals surface area contributed by atoms with Crippen molar-refractivity contribution < 1.29 is 14.8 Å². The van der Waals surface area contributed by atoms with Crippen molar-refractivity contribution in [3.05, 3.63) is 70.3 Å². The van der Waals surface area contributed by atoms with Crippen LogP contribution >= 0.6 is 12.2 Å². The summed E-state index contributed by atoms with van der Waals surface area (Å²) in [5.74, 6) is -0.402. The number of aromatic hydroxyl groups is 1. The number of benzene rings is 3. The van der Waals surface area contributed by atoms with Gasteiger partial charge in [-0.2, -0.15) is 0 Å². The molecule has 1 aliphatic rings. The largest absolute Gasteiger partial charge is 0.507 e. The first-order chi connectivity index (χ1) is 15.4. The summed E-state index contributed by atoms with van der Waals surface area (Å²) in [6, 6.07) is 14.9. The van der Waals surface area contributed by atoms with Gasteiger partial charge in [-0.15, -0.1) is 0 Å². The van der Waals surface area contributed by atoms with E-state index in [0.29, 0.717) is 16.8 Å². The van der Waals surface area contributed by atoms with E-state index in [0.717, 1.165) is 37.7 Å². The third-order valence-electron chi connectivity index (χ3n) is 5.51. The first-order valence-corrected chi connectivity index (χ1v) is 10.7. The molecule has 1 saturated heterocycles. The van der Waals surface area contributed by atoms with Gasteiger partial charge in [-0.3, -0.25) is 20.2 Å². The molecule has 0 unspecified atom stereocenters. The molecule has 0 bridgehead atoms. The number of carbonyl (C=O) groups is 1. The number of piperidine rings is 1. The molecule has 0 spiro atoms. The fourth-order valence-corrected chi connectivity index (χ4v) is 4.15. The number of phenols is 1. The predicted molar refractivity (Wildman–Crippen MR) is 128 cm³/mol. The van der Waals surface area contributed by atoms with Crippen LogP contribution in [0.3, 0.4) is 0 Å². The summed E-state index contributed by atoms with van der Waals surface area (Å²) in [4.78, 5) is 25.9. The van der Waals surface area contributed by atoms with Crippen LogP contribution in [0, 0.1) is 10.1 Å². The lowest BCUT2D eigenvalue weighted by Crippen LogP contribution is -2.34. The summed E-state index contributed by atoms with van der Waals surface area (Å²) in [7, 11) is 0. The van der Waals surface area contributed by atoms with Crippen molar-refractivity contribution in [3.63, 3.8) is 0 Å². The van der Waals surface area contributed by atoms with Crippen LogP contribution in [-0.2, 0) is 0 Å². The fraction of sp³-hybridized carbons (Fsp3) is 0.217.